The molecule has 1 aromatic heterocycles. The Morgan fingerprint density at radius 1 is 1.33 bits per heavy atom. The van der Waals surface area contributed by atoms with Crippen LogP contribution < -0.4 is 21.9 Å². The number of allylic oxidation sites excluding steroid dienone is 1. The third-order valence-electron chi connectivity index (χ3n) is 5.47. The summed E-state index contributed by atoms with van der Waals surface area (Å²) in [6.45, 7) is -0.260. The molecule has 1 aromatic rings. The SMILES string of the molecule is C[N+](C)(C/C=C/C(N)=O)C/C=C/C1=C(C(=O)[O-])N2C(=O)C(NC(=O)/C(=N\OCCF)c3nsc(N)n3)C2SC1. The Labute approximate surface area is 231 Å². The molecule has 39 heavy (non-hydrogen) atoms. The number of oxime groups is 1. The second-order valence-corrected chi connectivity index (χ2v) is 10.8. The molecule has 0 spiro atoms. The highest BCUT2D eigenvalue weighted by atomic mass is 32.2. The number of rotatable bonds is 13. The van der Waals surface area contributed by atoms with Crippen molar-refractivity contribution in [1.82, 2.24) is 19.6 Å². The number of amides is 3. The Kier molecular flexibility index (Phi) is 9.76. The maximum absolute atomic E-state index is 13.0. The number of halogens is 1. The molecule has 0 radical (unpaired) electrons. The minimum absolute atomic E-state index is 0.0540. The predicted molar refractivity (Wildman–Crippen MR) is 139 cm³/mol. The number of hydrogen-bond acceptors (Lipinski definition) is 12. The van der Waals surface area contributed by atoms with Crippen LogP contribution in [0.5, 0.6) is 0 Å². The number of carbonyl (C=O) groups is 4. The number of nitrogen functional groups attached to an aromatic ring is 1. The Hall–Kier alpha value is -3.83. The zero-order chi connectivity index (χ0) is 28.7. The zero-order valence-electron chi connectivity index (χ0n) is 21.0. The van der Waals surface area contributed by atoms with Crippen molar-refractivity contribution in [3.8, 4) is 0 Å². The summed E-state index contributed by atoms with van der Waals surface area (Å²) in [5, 5.41) is 17.4. The van der Waals surface area contributed by atoms with Crippen LogP contribution in [0.25, 0.3) is 0 Å². The molecular formula is C22H27FN8O6S2. The molecule has 1 saturated heterocycles. The molecule has 3 amide bonds. The number of carboxylic acids is 1. The molecule has 3 rings (SSSR count). The van der Waals surface area contributed by atoms with Gasteiger partial charge in [-0.15, -0.1) is 11.8 Å². The van der Waals surface area contributed by atoms with E-state index < -0.39 is 54.1 Å². The van der Waals surface area contributed by atoms with E-state index in [2.05, 4.69) is 19.8 Å². The van der Waals surface area contributed by atoms with Gasteiger partial charge in [-0.05, 0) is 17.7 Å². The molecule has 2 aliphatic heterocycles. The van der Waals surface area contributed by atoms with Crippen molar-refractivity contribution in [3.05, 3.63) is 41.4 Å². The van der Waals surface area contributed by atoms with E-state index in [1.807, 2.05) is 14.1 Å². The quantitative estimate of drug-likeness (QED) is 0.0576. The highest BCUT2D eigenvalue weighted by molar-refractivity contribution is 8.00. The normalized spacial score (nSPS) is 19.8. The second-order valence-electron chi connectivity index (χ2n) is 8.95. The molecule has 1 fully saturated rings. The number of alkyl halides is 1. The summed E-state index contributed by atoms with van der Waals surface area (Å²) in [5.41, 5.74) is 10.4. The second kappa shape index (κ2) is 12.8. The van der Waals surface area contributed by atoms with Gasteiger partial charge in [0.25, 0.3) is 11.8 Å². The highest BCUT2D eigenvalue weighted by Crippen LogP contribution is 2.40. The van der Waals surface area contributed by atoms with Gasteiger partial charge in [0.05, 0.1) is 38.9 Å². The molecule has 17 heteroatoms. The monoisotopic (exact) mass is 582 g/mol. The molecule has 0 bridgehead atoms. The van der Waals surface area contributed by atoms with Crippen LogP contribution in [-0.4, -0.2) is 106 Å². The lowest BCUT2D eigenvalue weighted by molar-refractivity contribution is -0.878. The summed E-state index contributed by atoms with van der Waals surface area (Å²) in [7, 11) is 3.83. The van der Waals surface area contributed by atoms with E-state index in [-0.39, 0.29) is 22.4 Å². The fraction of sp³-hybridized carbons (Fsp3) is 0.409. The van der Waals surface area contributed by atoms with Gasteiger partial charge in [-0.25, -0.2) is 4.39 Å². The van der Waals surface area contributed by atoms with E-state index in [0.29, 0.717) is 23.1 Å². The Morgan fingerprint density at radius 2 is 2.05 bits per heavy atom. The molecule has 0 aromatic carbocycles. The van der Waals surface area contributed by atoms with Gasteiger partial charge in [-0.1, -0.05) is 11.2 Å². The molecule has 3 heterocycles. The summed E-state index contributed by atoms with van der Waals surface area (Å²) in [4.78, 5) is 58.4. The van der Waals surface area contributed by atoms with Crippen molar-refractivity contribution in [3.63, 3.8) is 0 Å². The van der Waals surface area contributed by atoms with Crippen LogP contribution in [0, 0.1) is 0 Å². The van der Waals surface area contributed by atoms with Gasteiger partial charge in [0.2, 0.25) is 17.4 Å². The van der Waals surface area contributed by atoms with E-state index in [0.717, 1.165) is 16.4 Å². The van der Waals surface area contributed by atoms with Crippen molar-refractivity contribution in [1.29, 1.82) is 0 Å². The Balaban J connectivity index is 1.73. The lowest BCUT2D eigenvalue weighted by atomic mass is 10.0. The van der Waals surface area contributed by atoms with Crippen LogP contribution in [0.4, 0.5) is 9.52 Å². The lowest BCUT2D eigenvalue weighted by Gasteiger charge is -2.50. The first-order valence-electron chi connectivity index (χ1n) is 11.4. The topological polar surface area (TPSA) is 206 Å². The maximum atomic E-state index is 13.0. The number of hydrogen-bond donors (Lipinski definition) is 3. The van der Waals surface area contributed by atoms with Crippen molar-refractivity contribution in [2.24, 2.45) is 10.9 Å². The maximum Gasteiger partial charge on any atom is 0.278 e. The number of thioether (sulfide) groups is 1. The number of aliphatic carboxylic acids is 1. The van der Waals surface area contributed by atoms with E-state index >= 15 is 0 Å². The van der Waals surface area contributed by atoms with Crippen molar-refractivity contribution >= 4 is 57.8 Å². The van der Waals surface area contributed by atoms with Crippen LogP contribution in [0.1, 0.15) is 5.82 Å². The number of anilines is 1. The zero-order valence-corrected chi connectivity index (χ0v) is 22.7. The molecule has 0 aliphatic carbocycles. The van der Waals surface area contributed by atoms with Crippen LogP contribution in [0.15, 0.2) is 40.7 Å². The van der Waals surface area contributed by atoms with Crippen LogP contribution in [0.3, 0.4) is 0 Å². The summed E-state index contributed by atoms with van der Waals surface area (Å²) >= 11 is 2.06. The molecule has 2 aliphatic rings. The number of β-lactam (4-membered cyclic amide) rings is 1. The molecule has 0 saturated carbocycles. The Bertz CT molecular complexity index is 1260. The third kappa shape index (κ3) is 7.39. The summed E-state index contributed by atoms with van der Waals surface area (Å²) in [6.07, 6.45) is 6.32. The largest absolute Gasteiger partial charge is 0.543 e. The van der Waals surface area contributed by atoms with Gasteiger partial charge in [0.1, 0.15) is 24.7 Å². The first kappa shape index (κ1) is 29.7. The van der Waals surface area contributed by atoms with E-state index in [4.69, 9.17) is 16.3 Å². The van der Waals surface area contributed by atoms with Gasteiger partial charge in [0.15, 0.2) is 5.13 Å². The molecule has 210 valence electrons. The number of nitrogens with zero attached hydrogens (tertiary/aromatic N) is 5. The van der Waals surface area contributed by atoms with Crippen molar-refractivity contribution in [2.75, 3.05) is 52.0 Å². The molecule has 2 atom stereocenters. The fourth-order valence-corrected chi connectivity index (χ4v) is 5.39. The van der Waals surface area contributed by atoms with Crippen molar-refractivity contribution in [2.45, 2.75) is 11.4 Å². The summed E-state index contributed by atoms with van der Waals surface area (Å²) in [6, 6.07) is -1.07. The summed E-state index contributed by atoms with van der Waals surface area (Å²) in [5.74, 6) is -3.54. The molecule has 5 N–H and O–H groups in total. The standard InChI is InChI=1S/C22H27FN8O6S2/c1-31(2,9-4-6-13(24)32)8-3-5-12-11-38-20-15(19(34)30(20)16(12)21(35)36)26-18(33)14(28-37-10-7-23)17-27-22(25)39-29-17/h3-6,15,20H,7-11H2,1-2H3,(H5-,24,25,26,27,29,32,33,35,36)/b5-3+,6-4+,28-14-. The molecule has 2 unspecified atom stereocenters. The first-order chi connectivity index (χ1) is 18.4. The minimum atomic E-state index is -1.53. The van der Waals surface area contributed by atoms with Gasteiger partial charge < -0.3 is 36.0 Å². The van der Waals surface area contributed by atoms with E-state index in [1.165, 1.54) is 17.8 Å². The third-order valence-corrected chi connectivity index (χ3v) is 7.32. The number of nitrogens with two attached hydrogens (primary N) is 2. The number of nitrogens with one attached hydrogen (secondary N) is 1. The first-order valence-corrected chi connectivity index (χ1v) is 13.3. The van der Waals surface area contributed by atoms with Gasteiger partial charge in [0, 0.05) is 23.4 Å². The predicted octanol–water partition coefficient (Wildman–Crippen LogP) is -2.11. The average molecular weight is 583 g/mol. The molecular weight excluding hydrogens is 555 g/mol. The smallest absolute Gasteiger partial charge is 0.278 e. The number of quaternary nitrogens is 1. The van der Waals surface area contributed by atoms with Crippen LogP contribution in [0.2, 0.25) is 0 Å². The van der Waals surface area contributed by atoms with Gasteiger partial charge in [-0.2, -0.15) is 9.36 Å². The summed E-state index contributed by atoms with van der Waals surface area (Å²) < 4.78 is 16.8. The number of primary amides is 1. The van der Waals surface area contributed by atoms with Crippen LogP contribution >= 0.6 is 23.3 Å². The lowest BCUT2D eigenvalue weighted by Crippen LogP contribution is -2.71. The number of likely N-dealkylation sites (N-methyl/N-ethyl adjacent to an activating group) is 1. The van der Waals surface area contributed by atoms with E-state index in [9.17, 15) is 28.7 Å². The Morgan fingerprint density at radius 3 is 2.67 bits per heavy atom. The minimum Gasteiger partial charge on any atom is -0.543 e. The van der Waals surface area contributed by atoms with E-state index in [1.54, 1.807) is 18.2 Å². The number of carbonyl (C=O) groups excluding carboxylic acids is 4. The fourth-order valence-electron chi connectivity index (χ4n) is 3.64. The van der Waals surface area contributed by atoms with Gasteiger partial charge in [-0.3, -0.25) is 19.3 Å². The van der Waals surface area contributed by atoms with Gasteiger partial charge >= 0.3 is 0 Å². The average Bonchev–Trinajstić information content (AvgIpc) is 3.29. The van der Waals surface area contributed by atoms with Crippen LogP contribution in [-0.2, 0) is 24.0 Å². The number of aromatic nitrogens is 2. The number of fused-ring (bicyclic) bond motifs is 1. The molecule has 14 nitrogen and oxygen atoms in total. The highest BCUT2D eigenvalue weighted by Gasteiger charge is 2.53. The van der Waals surface area contributed by atoms with Crippen molar-refractivity contribution < 1.29 is 38.0 Å². The number of carboxylic acid groups (broad SMARTS) is 1.